The molecular formula is C35H52O15. The molecule has 6 fully saturated rings. The molecule has 0 aromatic carbocycles. The molecule has 3 heterocycles. The Balaban J connectivity index is 1.01. The van der Waals surface area contributed by atoms with Crippen molar-refractivity contribution in [1.82, 2.24) is 0 Å². The average molecular weight is 713 g/mol. The lowest BCUT2D eigenvalue weighted by Gasteiger charge is -2.63. The molecule has 3 aliphatic heterocycles. The van der Waals surface area contributed by atoms with Crippen molar-refractivity contribution in [2.45, 2.75) is 138 Å². The summed E-state index contributed by atoms with van der Waals surface area (Å²) in [6.45, 7) is 1.05. The normalized spacial score (nSPS) is 53.5. The van der Waals surface area contributed by atoms with E-state index in [2.05, 4.69) is 6.92 Å². The van der Waals surface area contributed by atoms with E-state index in [0.717, 1.165) is 37.5 Å². The van der Waals surface area contributed by atoms with Gasteiger partial charge in [-0.25, -0.2) is 4.79 Å². The van der Waals surface area contributed by atoms with Crippen LogP contribution in [0, 0.1) is 34.5 Å². The highest BCUT2D eigenvalue weighted by molar-refractivity contribution is 5.85. The molecule has 0 aromatic rings. The molecular weight excluding hydrogens is 660 g/mol. The number of carbonyl (C=O) groups is 2. The van der Waals surface area contributed by atoms with Gasteiger partial charge in [0, 0.05) is 16.9 Å². The van der Waals surface area contributed by atoms with Crippen LogP contribution in [0.1, 0.15) is 64.7 Å². The minimum atomic E-state index is -1.76. The lowest BCUT2D eigenvalue weighted by atomic mass is 9.43. The summed E-state index contributed by atoms with van der Waals surface area (Å²) in [6, 6.07) is 0. The highest BCUT2D eigenvalue weighted by Crippen LogP contribution is 2.69. The fourth-order valence-corrected chi connectivity index (χ4v) is 11.3. The van der Waals surface area contributed by atoms with Crippen LogP contribution in [0.4, 0.5) is 0 Å². The van der Waals surface area contributed by atoms with Gasteiger partial charge in [0.05, 0.1) is 24.9 Å². The second kappa shape index (κ2) is 13.7. The number of rotatable bonds is 8. The molecule has 50 heavy (non-hydrogen) atoms. The van der Waals surface area contributed by atoms with Gasteiger partial charge in [-0.15, -0.1) is 0 Å². The minimum absolute atomic E-state index is 0.00981. The van der Waals surface area contributed by atoms with Gasteiger partial charge in [0.1, 0.15) is 61.7 Å². The number of carbonyl (C=O) groups excluding carboxylic acids is 2. The largest absolute Gasteiger partial charge is 0.458 e. The van der Waals surface area contributed by atoms with Crippen molar-refractivity contribution in [3.8, 4) is 0 Å². The number of aliphatic hydroxyl groups excluding tert-OH is 7. The van der Waals surface area contributed by atoms with Crippen molar-refractivity contribution in [1.29, 1.82) is 0 Å². The van der Waals surface area contributed by atoms with Gasteiger partial charge >= 0.3 is 5.97 Å². The Labute approximate surface area is 290 Å². The van der Waals surface area contributed by atoms with Crippen LogP contribution < -0.4 is 0 Å². The highest BCUT2D eigenvalue weighted by Gasteiger charge is 2.69. The van der Waals surface area contributed by atoms with E-state index >= 15 is 0 Å². The lowest BCUT2D eigenvalue weighted by Crippen LogP contribution is -2.65. The van der Waals surface area contributed by atoms with Gasteiger partial charge in [-0.1, -0.05) is 6.92 Å². The van der Waals surface area contributed by atoms with Gasteiger partial charge < -0.3 is 69.3 Å². The summed E-state index contributed by atoms with van der Waals surface area (Å²) in [5.74, 6) is -0.384. The summed E-state index contributed by atoms with van der Waals surface area (Å²) < 4.78 is 28.4. The van der Waals surface area contributed by atoms with E-state index in [1.807, 2.05) is 0 Å². The summed E-state index contributed by atoms with van der Waals surface area (Å²) in [7, 11) is 0. The number of hydrogen-bond acceptors (Lipinski definition) is 15. The standard InChI is InChI=1S/C35H52O15/c1-33-7-5-20-21(35(33,45)9-6-19(33)16-10-24(39)46-14-16)3-2-17-11-18(4-8-34(17,20)15-38)47-31-29(44)27(42)30(23(13-37)49-31)50-32-28(43)26(41)25(40)22(12-36)48-32/h10,15,17-23,25-32,36-37,40-45H,2-9,11-14H2,1H3/t17-,18-,19+,20-,21+,22+,23+,25+,26-,27+,28+,29+,30+,31+,32-,33+,34+,35-/m0/s1. The van der Waals surface area contributed by atoms with Crippen molar-refractivity contribution < 1.29 is 74.1 Å². The van der Waals surface area contributed by atoms with Crippen LogP contribution in [-0.4, -0.2) is 146 Å². The number of fused-ring (bicyclic) bond motifs is 5. The maximum absolute atomic E-state index is 13.1. The molecule has 8 N–H and O–H groups in total. The first kappa shape index (κ1) is 36.7. The summed E-state index contributed by atoms with van der Waals surface area (Å²) in [5.41, 5.74) is -1.08. The monoisotopic (exact) mass is 712 g/mol. The molecule has 4 aliphatic carbocycles. The second-order valence-corrected chi connectivity index (χ2v) is 16.1. The molecule has 4 saturated carbocycles. The lowest BCUT2D eigenvalue weighted by molar-refractivity contribution is -0.364. The predicted octanol–water partition coefficient (Wildman–Crippen LogP) is -1.57. The van der Waals surface area contributed by atoms with Gasteiger partial charge in [-0.05, 0) is 87.0 Å². The zero-order valence-corrected chi connectivity index (χ0v) is 28.2. The molecule has 0 radical (unpaired) electrons. The van der Waals surface area contributed by atoms with Crippen molar-refractivity contribution >= 4 is 12.3 Å². The third kappa shape index (κ3) is 5.62. The number of hydrogen-bond donors (Lipinski definition) is 8. The SMILES string of the molecule is C[C@]12CC[C@H]3[C@@H](CC[C@H]4C[C@@H](O[C@@H]5O[C@H](CO)[C@@H](O[C@@H]6O[C@H](CO)[C@@H](O)[C@H](O)[C@H]6O)[C@H](O)[C@H]5O)CC[C@@]43C=O)[C@@]1(O)CC[C@@H]2C1=CC(=O)OC1. The number of cyclic esters (lactones) is 1. The Bertz CT molecular complexity index is 1310. The third-order valence-electron chi connectivity index (χ3n) is 14.0. The molecule has 0 aromatic heterocycles. The van der Waals surface area contributed by atoms with E-state index in [4.69, 9.17) is 23.7 Å². The van der Waals surface area contributed by atoms with E-state index in [9.17, 15) is 50.4 Å². The number of aldehydes is 1. The molecule has 2 saturated heterocycles. The Morgan fingerprint density at radius 2 is 1.52 bits per heavy atom. The number of esters is 1. The minimum Gasteiger partial charge on any atom is -0.458 e. The molecule has 7 aliphatic rings. The average Bonchev–Trinajstić information content (AvgIpc) is 3.66. The maximum Gasteiger partial charge on any atom is 0.331 e. The summed E-state index contributed by atoms with van der Waals surface area (Å²) in [4.78, 5) is 25.0. The zero-order valence-electron chi connectivity index (χ0n) is 28.2. The Hall–Kier alpha value is -1.60. The van der Waals surface area contributed by atoms with E-state index in [0.29, 0.717) is 32.1 Å². The quantitative estimate of drug-likeness (QED) is 0.0806. The molecule has 0 amide bonds. The van der Waals surface area contributed by atoms with Crippen molar-refractivity contribution in [3.05, 3.63) is 11.6 Å². The van der Waals surface area contributed by atoms with Crippen LogP contribution in [0.25, 0.3) is 0 Å². The van der Waals surface area contributed by atoms with Crippen LogP contribution in [-0.2, 0) is 33.3 Å². The van der Waals surface area contributed by atoms with Gasteiger partial charge in [0.2, 0.25) is 0 Å². The van der Waals surface area contributed by atoms with E-state index in [-0.39, 0.29) is 36.2 Å². The van der Waals surface area contributed by atoms with Gasteiger partial charge in [-0.3, -0.25) is 0 Å². The van der Waals surface area contributed by atoms with Crippen LogP contribution in [0.2, 0.25) is 0 Å². The van der Waals surface area contributed by atoms with Crippen molar-refractivity contribution in [2.24, 2.45) is 34.5 Å². The number of ether oxygens (including phenoxy) is 5. The first-order chi connectivity index (χ1) is 23.8. The molecule has 18 atom stereocenters. The van der Waals surface area contributed by atoms with Crippen molar-refractivity contribution in [2.75, 3.05) is 19.8 Å². The van der Waals surface area contributed by atoms with Crippen LogP contribution in [0.3, 0.4) is 0 Å². The third-order valence-corrected chi connectivity index (χ3v) is 14.0. The van der Waals surface area contributed by atoms with E-state index < -0.39 is 97.2 Å². The van der Waals surface area contributed by atoms with E-state index in [1.54, 1.807) is 6.08 Å². The predicted molar refractivity (Wildman–Crippen MR) is 167 cm³/mol. The molecule has 0 unspecified atom stereocenters. The highest BCUT2D eigenvalue weighted by atomic mass is 16.7. The van der Waals surface area contributed by atoms with E-state index in [1.165, 1.54) is 0 Å². The summed E-state index contributed by atoms with van der Waals surface area (Å²) in [6.07, 6.45) is -7.24. The van der Waals surface area contributed by atoms with Gasteiger partial charge in [0.15, 0.2) is 12.6 Å². The van der Waals surface area contributed by atoms with Crippen LogP contribution in [0.5, 0.6) is 0 Å². The topological polar surface area (TPSA) is 242 Å². The first-order valence-corrected chi connectivity index (χ1v) is 18.1. The zero-order chi connectivity index (χ0) is 35.7. The van der Waals surface area contributed by atoms with Gasteiger partial charge in [-0.2, -0.15) is 0 Å². The molecule has 0 spiro atoms. The first-order valence-electron chi connectivity index (χ1n) is 18.1. The molecule has 15 nitrogen and oxygen atoms in total. The second-order valence-electron chi connectivity index (χ2n) is 16.1. The number of aliphatic hydroxyl groups is 8. The Morgan fingerprint density at radius 1 is 0.820 bits per heavy atom. The molecule has 15 heteroatoms. The Morgan fingerprint density at radius 3 is 2.20 bits per heavy atom. The fourth-order valence-electron chi connectivity index (χ4n) is 11.3. The van der Waals surface area contributed by atoms with Crippen LogP contribution in [0.15, 0.2) is 11.6 Å². The molecule has 0 bridgehead atoms. The smallest absolute Gasteiger partial charge is 0.331 e. The van der Waals surface area contributed by atoms with Gasteiger partial charge in [0.25, 0.3) is 0 Å². The maximum atomic E-state index is 13.1. The molecule has 7 rings (SSSR count). The molecule has 282 valence electrons. The summed E-state index contributed by atoms with van der Waals surface area (Å²) in [5, 5.41) is 84.9. The summed E-state index contributed by atoms with van der Waals surface area (Å²) >= 11 is 0. The Kier molecular flexibility index (Phi) is 10.0. The van der Waals surface area contributed by atoms with Crippen molar-refractivity contribution in [3.63, 3.8) is 0 Å². The van der Waals surface area contributed by atoms with Crippen LogP contribution >= 0.6 is 0 Å². The fraction of sp³-hybridized carbons (Fsp3) is 0.886.